The number of amides is 3. The standard InChI is InChI=1S/C19H20N2O4S/c1-5-25-10-6-11-9(2)8-19(3,4)21-14(11)12(7-10)13(17(21)23)15-16(22)20-18(24)26-15/h6-7,9H,5,8H2,1-4H3,(H,20,22,24). The smallest absolute Gasteiger partial charge is 0.290 e. The van der Waals surface area contributed by atoms with Crippen molar-refractivity contribution in [1.29, 1.82) is 0 Å². The van der Waals surface area contributed by atoms with Crippen molar-refractivity contribution < 1.29 is 19.1 Å². The summed E-state index contributed by atoms with van der Waals surface area (Å²) in [6.07, 6.45) is 0.807. The fourth-order valence-electron chi connectivity index (χ4n) is 4.25. The van der Waals surface area contributed by atoms with Crippen LogP contribution in [0.1, 0.15) is 51.2 Å². The molecule has 1 atom stereocenters. The van der Waals surface area contributed by atoms with Crippen LogP contribution in [-0.4, -0.2) is 29.2 Å². The Kier molecular flexibility index (Phi) is 3.70. The Bertz CT molecular complexity index is 903. The molecule has 1 N–H and O–H groups in total. The number of hydrogen-bond donors (Lipinski definition) is 1. The van der Waals surface area contributed by atoms with Crippen molar-refractivity contribution in [2.24, 2.45) is 0 Å². The zero-order chi connectivity index (χ0) is 18.8. The van der Waals surface area contributed by atoms with Crippen LogP contribution in [0.3, 0.4) is 0 Å². The van der Waals surface area contributed by atoms with Gasteiger partial charge in [-0.2, -0.15) is 0 Å². The Hall–Kier alpha value is -2.28. The maximum Gasteiger partial charge on any atom is 0.290 e. The summed E-state index contributed by atoms with van der Waals surface area (Å²) in [4.78, 5) is 39.2. The zero-order valence-electron chi connectivity index (χ0n) is 15.1. The molecule has 0 saturated carbocycles. The van der Waals surface area contributed by atoms with Crippen LogP contribution < -0.4 is 15.0 Å². The highest BCUT2D eigenvalue weighted by atomic mass is 32.2. The summed E-state index contributed by atoms with van der Waals surface area (Å²) < 4.78 is 5.70. The first-order chi connectivity index (χ1) is 12.2. The number of carbonyl (C=O) groups excluding carboxylic acids is 3. The van der Waals surface area contributed by atoms with E-state index in [1.165, 1.54) is 0 Å². The van der Waals surface area contributed by atoms with E-state index in [0.717, 1.165) is 29.4 Å². The summed E-state index contributed by atoms with van der Waals surface area (Å²) in [5.74, 6) is 0.193. The van der Waals surface area contributed by atoms with Crippen molar-refractivity contribution in [2.45, 2.75) is 45.6 Å². The predicted octanol–water partition coefficient (Wildman–Crippen LogP) is 3.41. The molecule has 4 rings (SSSR count). The van der Waals surface area contributed by atoms with Crippen LogP contribution >= 0.6 is 11.8 Å². The summed E-state index contributed by atoms with van der Waals surface area (Å²) >= 11 is 0.789. The molecule has 3 amide bonds. The second kappa shape index (κ2) is 5.61. The van der Waals surface area contributed by atoms with E-state index >= 15 is 0 Å². The van der Waals surface area contributed by atoms with E-state index in [9.17, 15) is 14.4 Å². The Morgan fingerprint density at radius 1 is 1.31 bits per heavy atom. The number of hydrogen-bond acceptors (Lipinski definition) is 5. The summed E-state index contributed by atoms with van der Waals surface area (Å²) in [5, 5.41) is 1.80. The molecule has 0 bridgehead atoms. The van der Waals surface area contributed by atoms with Crippen molar-refractivity contribution in [2.75, 3.05) is 11.5 Å². The number of benzene rings is 1. The lowest BCUT2D eigenvalue weighted by atomic mass is 9.80. The van der Waals surface area contributed by atoms with Crippen molar-refractivity contribution in [1.82, 2.24) is 5.32 Å². The topological polar surface area (TPSA) is 75.7 Å². The summed E-state index contributed by atoms with van der Waals surface area (Å²) in [6.45, 7) is 8.62. The van der Waals surface area contributed by atoms with Crippen molar-refractivity contribution in [3.8, 4) is 5.75 Å². The van der Waals surface area contributed by atoms with Crippen LogP contribution in [0.25, 0.3) is 5.57 Å². The van der Waals surface area contributed by atoms with Crippen LogP contribution in [0.2, 0.25) is 0 Å². The van der Waals surface area contributed by atoms with Gasteiger partial charge < -0.3 is 9.64 Å². The minimum absolute atomic E-state index is 0.175. The number of anilines is 1. The summed E-state index contributed by atoms with van der Waals surface area (Å²) in [6, 6.07) is 3.80. The average Bonchev–Trinajstić information content (AvgIpc) is 3.01. The highest BCUT2D eigenvalue weighted by Crippen LogP contribution is 2.54. The zero-order valence-corrected chi connectivity index (χ0v) is 16.0. The SMILES string of the molecule is CCOc1cc2c3c(c1)C(C)CC(C)(C)N3C(=O)C2=C1SC(=O)NC1=O. The quantitative estimate of drug-likeness (QED) is 0.805. The second-order valence-corrected chi connectivity index (χ2v) is 8.43. The maximum atomic E-state index is 13.3. The number of thioether (sulfide) groups is 1. The lowest BCUT2D eigenvalue weighted by Gasteiger charge is -2.43. The summed E-state index contributed by atoms with van der Waals surface area (Å²) in [5.41, 5.74) is 2.50. The van der Waals surface area contributed by atoms with Gasteiger partial charge in [0.2, 0.25) is 0 Å². The van der Waals surface area contributed by atoms with Gasteiger partial charge in [-0.1, -0.05) is 6.92 Å². The normalized spacial score (nSPS) is 26.2. The van der Waals surface area contributed by atoms with E-state index in [0.29, 0.717) is 23.5 Å². The largest absolute Gasteiger partial charge is 0.494 e. The minimum atomic E-state index is -0.510. The van der Waals surface area contributed by atoms with E-state index in [-0.39, 0.29) is 22.3 Å². The van der Waals surface area contributed by atoms with Gasteiger partial charge in [0, 0.05) is 11.1 Å². The van der Waals surface area contributed by atoms with Crippen molar-refractivity contribution >= 4 is 40.1 Å². The fraction of sp³-hybridized carbons (Fsp3) is 0.421. The molecule has 1 aromatic rings. The van der Waals surface area contributed by atoms with E-state index in [4.69, 9.17) is 4.74 Å². The molecule has 0 radical (unpaired) electrons. The maximum absolute atomic E-state index is 13.3. The third kappa shape index (κ3) is 2.30. The van der Waals surface area contributed by atoms with Gasteiger partial charge in [0.1, 0.15) is 5.75 Å². The second-order valence-electron chi connectivity index (χ2n) is 7.45. The number of nitrogens with one attached hydrogen (secondary N) is 1. The molecule has 7 heteroatoms. The highest BCUT2D eigenvalue weighted by Gasteiger charge is 2.49. The first kappa shape index (κ1) is 17.1. The average molecular weight is 372 g/mol. The molecule has 1 aromatic carbocycles. The van der Waals surface area contributed by atoms with Gasteiger partial charge in [-0.3, -0.25) is 19.7 Å². The van der Waals surface area contributed by atoms with E-state index in [1.807, 2.05) is 32.9 Å². The van der Waals surface area contributed by atoms with Crippen LogP contribution in [0.15, 0.2) is 17.0 Å². The Balaban J connectivity index is 2.03. The van der Waals surface area contributed by atoms with Crippen LogP contribution in [0.5, 0.6) is 5.75 Å². The first-order valence-electron chi connectivity index (χ1n) is 8.67. The van der Waals surface area contributed by atoms with E-state index in [1.54, 1.807) is 4.90 Å². The molecule has 1 fully saturated rings. The number of nitrogens with zero attached hydrogens (tertiary/aromatic N) is 1. The minimum Gasteiger partial charge on any atom is -0.494 e. The van der Waals surface area contributed by atoms with Gasteiger partial charge in [-0.15, -0.1) is 0 Å². The lowest BCUT2D eigenvalue weighted by Crippen LogP contribution is -2.49. The summed E-state index contributed by atoms with van der Waals surface area (Å²) in [7, 11) is 0. The third-order valence-electron chi connectivity index (χ3n) is 5.12. The van der Waals surface area contributed by atoms with E-state index in [2.05, 4.69) is 12.2 Å². The molecule has 3 aliphatic rings. The van der Waals surface area contributed by atoms with E-state index < -0.39 is 11.1 Å². The molecule has 26 heavy (non-hydrogen) atoms. The number of rotatable bonds is 2. The Morgan fingerprint density at radius 3 is 2.65 bits per heavy atom. The molecule has 0 aromatic heterocycles. The molecule has 6 nitrogen and oxygen atoms in total. The Labute approximate surface area is 155 Å². The fourth-order valence-corrected chi connectivity index (χ4v) is 5.02. The molecule has 3 aliphatic heterocycles. The highest BCUT2D eigenvalue weighted by molar-refractivity contribution is 8.18. The van der Waals surface area contributed by atoms with Gasteiger partial charge in [0.05, 0.1) is 22.8 Å². The van der Waals surface area contributed by atoms with Gasteiger partial charge in [-0.25, -0.2) is 0 Å². The number of imide groups is 1. The molecule has 0 spiro atoms. The molecule has 1 unspecified atom stereocenters. The van der Waals surface area contributed by atoms with Crippen LogP contribution in [-0.2, 0) is 9.59 Å². The van der Waals surface area contributed by atoms with Crippen LogP contribution in [0, 0.1) is 0 Å². The molecule has 3 heterocycles. The molecular weight excluding hydrogens is 352 g/mol. The molecule has 1 saturated heterocycles. The Morgan fingerprint density at radius 2 is 2.04 bits per heavy atom. The van der Waals surface area contributed by atoms with Gasteiger partial charge in [0.25, 0.3) is 17.1 Å². The first-order valence-corrected chi connectivity index (χ1v) is 9.49. The molecular formula is C19H20N2O4S. The molecule has 136 valence electrons. The van der Waals surface area contributed by atoms with Gasteiger partial charge >= 0.3 is 0 Å². The van der Waals surface area contributed by atoms with Crippen molar-refractivity contribution in [3.05, 3.63) is 28.2 Å². The van der Waals surface area contributed by atoms with Gasteiger partial charge in [-0.05, 0) is 62.6 Å². The number of carbonyl (C=O) groups is 3. The number of ether oxygens (including phenoxy) is 1. The monoisotopic (exact) mass is 372 g/mol. The predicted molar refractivity (Wildman–Crippen MR) is 100 cm³/mol. The van der Waals surface area contributed by atoms with Gasteiger partial charge in [0.15, 0.2) is 0 Å². The third-order valence-corrected chi connectivity index (χ3v) is 6.00. The van der Waals surface area contributed by atoms with Crippen LogP contribution in [0.4, 0.5) is 10.5 Å². The van der Waals surface area contributed by atoms with Crippen molar-refractivity contribution in [3.63, 3.8) is 0 Å². The molecule has 0 aliphatic carbocycles. The lowest BCUT2D eigenvalue weighted by molar-refractivity contribution is -0.116.